The van der Waals surface area contributed by atoms with Gasteiger partial charge in [0.1, 0.15) is 11.5 Å². The summed E-state index contributed by atoms with van der Waals surface area (Å²) in [5, 5.41) is 1.54. The molecule has 4 N–H and O–H groups in total. The highest BCUT2D eigenvalue weighted by molar-refractivity contribution is 6.31. The van der Waals surface area contributed by atoms with Crippen LogP contribution < -0.4 is 4.74 Å². The van der Waals surface area contributed by atoms with Gasteiger partial charge in [-0.05, 0) is 137 Å². The van der Waals surface area contributed by atoms with Crippen LogP contribution in [0.2, 0.25) is 10.0 Å². The molecule has 67 heavy (non-hydrogen) atoms. The molecule has 0 spiro atoms. The van der Waals surface area contributed by atoms with Gasteiger partial charge in [0, 0.05) is 83.3 Å². The van der Waals surface area contributed by atoms with Gasteiger partial charge in [-0.3, -0.25) is 0 Å². The van der Waals surface area contributed by atoms with Crippen LogP contribution in [0.15, 0.2) is 153 Å². The van der Waals surface area contributed by atoms with Crippen LogP contribution in [0.3, 0.4) is 0 Å². The van der Waals surface area contributed by atoms with E-state index < -0.39 is 0 Å². The van der Waals surface area contributed by atoms with Crippen LogP contribution >= 0.6 is 23.2 Å². The first-order chi connectivity index (χ1) is 32.8. The van der Waals surface area contributed by atoms with Crippen LogP contribution in [-0.4, -0.2) is 39.9 Å². The fourth-order valence-electron chi connectivity index (χ4n) is 8.13. The largest absolute Gasteiger partial charge is 0.457 e. The lowest BCUT2D eigenvalue weighted by Crippen LogP contribution is -2.00. The van der Waals surface area contributed by atoms with Gasteiger partial charge in [0.2, 0.25) is 0 Å². The molecule has 11 heteroatoms. The SMILES string of the molecule is CCc1cccc(C)c1Cc1cnc[nH]1.CCc1cccc(C2CC2)c1Cc1cnc[nH]1.CCc1cccc(Cl)c1Cc1cnc[nH]1.Clc1ccc(Oc2cccc(Cc3cnc[nH]3)c2)cc1. The van der Waals surface area contributed by atoms with Gasteiger partial charge in [-0.15, -0.1) is 0 Å². The van der Waals surface area contributed by atoms with Gasteiger partial charge in [0.15, 0.2) is 0 Å². The standard InChI is InChI=1S/C16H13ClN2O.C15H18N2.C13H16N2.C12H13ClN2/c17-13-4-6-15(7-5-13)20-16-3-1-2-12(9-16)8-14-10-18-11-19-14;1-2-11-4-3-5-14(12-6-7-12)15(11)8-13-9-16-10-17-13;1-3-11-6-4-5-10(2)13(11)7-12-8-14-9-15-12;1-2-9-4-3-5-12(13)11(9)6-10-7-14-8-15-10/h1-7,9-11H,8H2,(H,18,19);3-5,9-10,12H,2,6-8H2,1H3,(H,16,17);4-6,8-9H,3,7H2,1-2H3,(H,14,15);3-5,7-8H,2,6H2,1H3,(H,14,15). The van der Waals surface area contributed by atoms with E-state index in [9.17, 15) is 0 Å². The van der Waals surface area contributed by atoms with Gasteiger partial charge >= 0.3 is 0 Å². The quantitative estimate of drug-likeness (QED) is 0.0865. The van der Waals surface area contributed by atoms with E-state index in [0.29, 0.717) is 5.02 Å². The van der Waals surface area contributed by atoms with Crippen molar-refractivity contribution >= 4 is 23.2 Å². The second-order valence-electron chi connectivity index (χ2n) is 16.6. The topological polar surface area (TPSA) is 124 Å². The number of imidazole rings is 4. The van der Waals surface area contributed by atoms with Gasteiger partial charge in [0.25, 0.3) is 0 Å². The fraction of sp³-hybridized carbons (Fsp3) is 0.250. The molecule has 5 aromatic carbocycles. The Morgan fingerprint density at radius 3 is 1.52 bits per heavy atom. The fourth-order valence-corrected chi connectivity index (χ4v) is 8.52. The number of hydrogen-bond acceptors (Lipinski definition) is 5. The van der Waals surface area contributed by atoms with Gasteiger partial charge in [-0.2, -0.15) is 0 Å². The Bertz CT molecular complexity index is 2730. The molecule has 1 fully saturated rings. The van der Waals surface area contributed by atoms with E-state index in [-0.39, 0.29) is 0 Å². The summed E-state index contributed by atoms with van der Waals surface area (Å²) in [5.74, 6) is 2.40. The molecule has 10 rings (SSSR count). The zero-order valence-electron chi connectivity index (χ0n) is 38.8. The number of aromatic amines is 4. The third-order valence-electron chi connectivity index (χ3n) is 11.9. The Labute approximate surface area is 404 Å². The van der Waals surface area contributed by atoms with Crippen LogP contribution in [0.4, 0.5) is 0 Å². The van der Waals surface area contributed by atoms with E-state index in [1.54, 1.807) is 30.9 Å². The molecule has 4 heterocycles. The molecule has 1 aliphatic rings. The zero-order chi connectivity index (χ0) is 46.8. The Kier molecular flexibility index (Phi) is 17.8. The van der Waals surface area contributed by atoms with E-state index in [1.807, 2.05) is 79.4 Å². The number of H-pyrrole nitrogens is 4. The molecule has 0 atom stereocenters. The third kappa shape index (κ3) is 14.4. The third-order valence-corrected chi connectivity index (χ3v) is 12.5. The molecule has 9 nitrogen and oxygen atoms in total. The van der Waals surface area contributed by atoms with Crippen LogP contribution in [0.5, 0.6) is 11.5 Å². The lowest BCUT2D eigenvalue weighted by Gasteiger charge is -2.12. The lowest BCUT2D eigenvalue weighted by molar-refractivity contribution is 0.482. The Hall–Kier alpha value is -6.68. The van der Waals surface area contributed by atoms with Crippen molar-refractivity contribution < 1.29 is 4.74 Å². The maximum absolute atomic E-state index is 6.19. The maximum Gasteiger partial charge on any atom is 0.127 e. The molecule has 0 bridgehead atoms. The van der Waals surface area contributed by atoms with Crippen molar-refractivity contribution in [2.24, 2.45) is 0 Å². The average Bonchev–Trinajstić information content (AvgIpc) is 3.89. The smallest absolute Gasteiger partial charge is 0.127 e. The monoisotopic (exact) mass is 930 g/mol. The summed E-state index contributed by atoms with van der Waals surface area (Å²) >= 11 is 12.0. The highest BCUT2D eigenvalue weighted by Gasteiger charge is 2.26. The summed E-state index contributed by atoms with van der Waals surface area (Å²) in [7, 11) is 0. The average molecular weight is 932 g/mol. The first-order valence-electron chi connectivity index (χ1n) is 23.2. The Morgan fingerprint density at radius 1 is 0.507 bits per heavy atom. The minimum absolute atomic E-state index is 0.699. The van der Waals surface area contributed by atoms with E-state index in [1.165, 1.54) is 68.7 Å². The summed E-state index contributed by atoms with van der Waals surface area (Å²) in [6.45, 7) is 8.75. The molecule has 0 aliphatic heterocycles. The van der Waals surface area contributed by atoms with Crippen molar-refractivity contribution in [1.29, 1.82) is 0 Å². The maximum atomic E-state index is 6.19. The normalized spacial score (nSPS) is 11.7. The molecule has 1 aliphatic carbocycles. The summed E-state index contributed by atoms with van der Waals surface area (Å²) in [6, 6.07) is 34.7. The van der Waals surface area contributed by atoms with Crippen molar-refractivity contribution in [3.63, 3.8) is 0 Å². The molecule has 344 valence electrons. The molecule has 4 aromatic heterocycles. The van der Waals surface area contributed by atoms with E-state index in [2.05, 4.69) is 116 Å². The number of halogens is 2. The summed E-state index contributed by atoms with van der Waals surface area (Å²) in [4.78, 5) is 28.7. The second kappa shape index (κ2) is 24.7. The van der Waals surface area contributed by atoms with Crippen molar-refractivity contribution in [2.75, 3.05) is 0 Å². The van der Waals surface area contributed by atoms with E-state index in [0.717, 1.165) is 78.8 Å². The highest BCUT2D eigenvalue weighted by atomic mass is 35.5. The molecule has 0 unspecified atom stereocenters. The summed E-state index contributed by atoms with van der Waals surface area (Å²) in [6.07, 6.45) is 23.9. The van der Waals surface area contributed by atoms with Gasteiger partial charge in [0.05, 0.1) is 25.3 Å². The number of rotatable bonds is 14. The molecular weight excluding hydrogens is 872 g/mol. The Morgan fingerprint density at radius 2 is 0.985 bits per heavy atom. The molecule has 0 amide bonds. The number of ether oxygens (including phenoxy) is 1. The predicted octanol–water partition coefficient (Wildman–Crippen LogP) is 14.0. The molecule has 0 radical (unpaired) electrons. The van der Waals surface area contributed by atoms with E-state index in [4.69, 9.17) is 27.9 Å². The van der Waals surface area contributed by atoms with Crippen molar-refractivity contribution in [2.45, 2.75) is 91.4 Å². The van der Waals surface area contributed by atoms with Gasteiger partial charge in [-0.1, -0.05) is 105 Å². The number of benzene rings is 5. The first-order valence-corrected chi connectivity index (χ1v) is 23.9. The minimum Gasteiger partial charge on any atom is -0.457 e. The van der Waals surface area contributed by atoms with Gasteiger partial charge < -0.3 is 24.7 Å². The highest BCUT2D eigenvalue weighted by Crippen LogP contribution is 2.43. The molecule has 1 saturated carbocycles. The number of nitrogens with zero attached hydrogens (tertiary/aromatic N) is 4. The van der Waals surface area contributed by atoms with Crippen LogP contribution in [0.1, 0.15) is 112 Å². The van der Waals surface area contributed by atoms with E-state index >= 15 is 0 Å². The molecular formula is C56H60Cl2N8O. The van der Waals surface area contributed by atoms with Crippen molar-refractivity contribution in [3.8, 4) is 11.5 Å². The van der Waals surface area contributed by atoms with Gasteiger partial charge in [-0.25, -0.2) is 19.9 Å². The molecule has 0 saturated heterocycles. The zero-order valence-corrected chi connectivity index (χ0v) is 40.3. The number of nitrogens with one attached hydrogen (secondary N) is 4. The molecule has 9 aromatic rings. The minimum atomic E-state index is 0.699. The van der Waals surface area contributed by atoms with Crippen LogP contribution in [0, 0.1) is 6.92 Å². The summed E-state index contributed by atoms with van der Waals surface area (Å²) < 4.78 is 5.81. The summed E-state index contributed by atoms with van der Waals surface area (Å²) in [5.41, 5.74) is 17.1. The second-order valence-corrected chi connectivity index (χ2v) is 17.5. The van der Waals surface area contributed by atoms with Crippen LogP contribution in [0.25, 0.3) is 0 Å². The number of aryl methyl sites for hydroxylation is 4. The van der Waals surface area contributed by atoms with Crippen LogP contribution in [-0.2, 0) is 44.9 Å². The number of aromatic nitrogens is 8. The lowest BCUT2D eigenvalue weighted by atomic mass is 9.93. The number of hydrogen-bond donors (Lipinski definition) is 4. The van der Waals surface area contributed by atoms with Crippen molar-refractivity contribution in [3.05, 3.63) is 236 Å². The first kappa shape index (κ1) is 48.3. The predicted molar refractivity (Wildman–Crippen MR) is 273 cm³/mol. The van der Waals surface area contributed by atoms with Crippen molar-refractivity contribution in [1.82, 2.24) is 39.9 Å². The Balaban J connectivity index is 0.000000134.